The topological polar surface area (TPSA) is 122 Å². The van der Waals surface area contributed by atoms with Gasteiger partial charge in [-0.1, -0.05) is 54.3 Å². The van der Waals surface area contributed by atoms with E-state index in [1.165, 1.54) is 9.21 Å². The van der Waals surface area contributed by atoms with E-state index in [2.05, 4.69) is 0 Å². The third-order valence-electron chi connectivity index (χ3n) is 6.43. The normalized spacial score (nSPS) is 17.6. The van der Waals surface area contributed by atoms with Crippen LogP contribution < -0.4 is 0 Å². The van der Waals surface area contributed by atoms with Crippen LogP contribution >= 0.6 is 24.0 Å². The van der Waals surface area contributed by atoms with Crippen LogP contribution in [0.5, 0.6) is 0 Å². The number of ether oxygens (including phenoxy) is 1. The molecule has 3 aromatic rings. The smallest absolute Gasteiger partial charge is 0.303 e. The summed E-state index contributed by atoms with van der Waals surface area (Å²) in [5.74, 6) is -1.21. The van der Waals surface area contributed by atoms with Crippen LogP contribution in [-0.4, -0.2) is 81.6 Å². The lowest BCUT2D eigenvalue weighted by Crippen LogP contribution is -2.40. The molecule has 13 heteroatoms. The Balaban J connectivity index is 1.47. The number of carboxylic acid groups (broad SMARTS) is 1. The molecule has 10 nitrogen and oxygen atoms in total. The molecule has 0 bridgehead atoms. The van der Waals surface area contributed by atoms with E-state index in [1.54, 1.807) is 41.2 Å². The molecular formula is C27H26N4O6S3. The fourth-order valence-corrected chi connectivity index (χ4v) is 7.08. The molecule has 2 aliphatic heterocycles. The summed E-state index contributed by atoms with van der Waals surface area (Å²) in [4.78, 5) is 26.0. The second-order valence-electron chi connectivity index (χ2n) is 9.08. The zero-order valence-corrected chi connectivity index (χ0v) is 23.8. The number of hydrogen-bond acceptors (Lipinski definition) is 8. The lowest BCUT2D eigenvalue weighted by atomic mass is 10.1. The lowest BCUT2D eigenvalue weighted by Gasteiger charge is -2.26. The second kappa shape index (κ2) is 12.0. The van der Waals surface area contributed by atoms with Gasteiger partial charge in [0.25, 0.3) is 5.91 Å². The Kier molecular flexibility index (Phi) is 8.47. The minimum absolute atomic E-state index is 0.0542. The van der Waals surface area contributed by atoms with Crippen molar-refractivity contribution in [3.05, 3.63) is 71.3 Å². The van der Waals surface area contributed by atoms with E-state index in [1.807, 2.05) is 30.3 Å². The summed E-state index contributed by atoms with van der Waals surface area (Å²) in [7, 11) is -3.65. The molecule has 5 rings (SSSR count). The van der Waals surface area contributed by atoms with Crippen LogP contribution in [0.1, 0.15) is 18.4 Å². The van der Waals surface area contributed by atoms with Gasteiger partial charge in [-0.15, -0.1) is 0 Å². The van der Waals surface area contributed by atoms with Crippen LogP contribution in [0, 0.1) is 0 Å². The van der Waals surface area contributed by atoms with Crippen molar-refractivity contribution in [1.82, 2.24) is 19.0 Å². The largest absolute Gasteiger partial charge is 0.481 e. The van der Waals surface area contributed by atoms with Gasteiger partial charge in [-0.2, -0.15) is 9.40 Å². The van der Waals surface area contributed by atoms with E-state index >= 15 is 0 Å². The summed E-state index contributed by atoms with van der Waals surface area (Å²) in [6, 6.07) is 16.0. The third-order valence-corrected chi connectivity index (χ3v) is 9.72. The van der Waals surface area contributed by atoms with E-state index in [0.29, 0.717) is 58.8 Å². The number of aromatic nitrogens is 2. The highest BCUT2D eigenvalue weighted by Gasteiger charge is 2.32. The highest BCUT2D eigenvalue weighted by atomic mass is 32.2. The number of sulfonamides is 1. The Morgan fingerprint density at radius 3 is 2.48 bits per heavy atom. The molecule has 2 saturated heterocycles. The number of nitrogens with zero attached hydrogens (tertiary/aromatic N) is 4. The van der Waals surface area contributed by atoms with Crippen LogP contribution in [0.4, 0.5) is 0 Å². The number of rotatable bonds is 9. The SMILES string of the molecule is O=C(O)CCCN1C(=O)C(=Cc2cn(-c3ccccc3)nc2-c2ccc(S(=O)(=O)N3CCOCC3)cc2)SC1=S. The second-order valence-corrected chi connectivity index (χ2v) is 12.7. The summed E-state index contributed by atoms with van der Waals surface area (Å²) in [5, 5.41) is 13.7. The number of thioether (sulfide) groups is 1. The average Bonchev–Trinajstić information content (AvgIpc) is 3.50. The number of para-hydroxylation sites is 1. The molecule has 1 amide bonds. The average molecular weight is 599 g/mol. The lowest BCUT2D eigenvalue weighted by molar-refractivity contribution is -0.137. The quantitative estimate of drug-likeness (QED) is 0.291. The summed E-state index contributed by atoms with van der Waals surface area (Å²) in [5.41, 5.74) is 2.71. The first kappa shape index (κ1) is 28.2. The predicted octanol–water partition coefficient (Wildman–Crippen LogP) is 3.63. The van der Waals surface area contributed by atoms with Gasteiger partial charge in [0.05, 0.1) is 34.4 Å². The Morgan fingerprint density at radius 2 is 1.80 bits per heavy atom. The van der Waals surface area contributed by atoms with Crippen LogP contribution in [-0.2, 0) is 24.3 Å². The molecule has 40 heavy (non-hydrogen) atoms. The number of carbonyl (C=O) groups excluding carboxylic acids is 1. The van der Waals surface area contributed by atoms with Crippen molar-refractivity contribution in [2.75, 3.05) is 32.8 Å². The van der Waals surface area contributed by atoms with Crippen molar-refractivity contribution >= 4 is 56.3 Å². The van der Waals surface area contributed by atoms with Crippen molar-refractivity contribution < 1.29 is 27.9 Å². The molecular weight excluding hydrogens is 573 g/mol. The Morgan fingerprint density at radius 1 is 1.10 bits per heavy atom. The molecule has 0 radical (unpaired) electrons. The number of benzene rings is 2. The zero-order valence-electron chi connectivity index (χ0n) is 21.3. The van der Waals surface area contributed by atoms with Gasteiger partial charge in [-0.05, 0) is 36.8 Å². The monoisotopic (exact) mass is 598 g/mol. The summed E-state index contributed by atoms with van der Waals surface area (Å²) >= 11 is 6.55. The Hall–Kier alpha value is -3.36. The predicted molar refractivity (Wildman–Crippen MR) is 155 cm³/mol. The van der Waals surface area contributed by atoms with Gasteiger partial charge in [-0.3, -0.25) is 14.5 Å². The molecule has 3 heterocycles. The van der Waals surface area contributed by atoms with Crippen molar-refractivity contribution in [3.8, 4) is 16.9 Å². The summed E-state index contributed by atoms with van der Waals surface area (Å²) in [6.07, 6.45) is 3.77. The molecule has 208 valence electrons. The standard InChI is InChI=1S/C27H26N4O6S3/c32-24(33)7-4-12-30-26(34)23(39-27(30)38)17-20-18-31(21-5-2-1-3-6-21)28-25(20)19-8-10-22(11-9-19)40(35,36)29-13-15-37-16-14-29/h1-3,5-6,8-11,17-18H,4,7,12-16H2,(H,32,33). The molecule has 2 fully saturated rings. The number of thiocarbonyl (C=S) groups is 1. The van der Waals surface area contributed by atoms with Crippen LogP contribution in [0.3, 0.4) is 0 Å². The number of amides is 1. The van der Waals surface area contributed by atoms with Gasteiger partial charge in [0.2, 0.25) is 10.0 Å². The van der Waals surface area contributed by atoms with Gasteiger partial charge < -0.3 is 9.84 Å². The molecule has 1 aromatic heterocycles. The van der Waals surface area contributed by atoms with E-state index in [0.717, 1.165) is 17.4 Å². The Bertz CT molecular complexity index is 1560. The van der Waals surface area contributed by atoms with Gasteiger partial charge in [-0.25, -0.2) is 13.1 Å². The number of carboxylic acids is 1. The van der Waals surface area contributed by atoms with E-state index in [9.17, 15) is 18.0 Å². The highest BCUT2D eigenvalue weighted by Crippen LogP contribution is 2.35. The molecule has 2 aliphatic rings. The number of hydrogen-bond donors (Lipinski definition) is 1. The summed E-state index contributed by atoms with van der Waals surface area (Å²) in [6.45, 7) is 1.57. The molecule has 0 spiro atoms. The fourth-order valence-electron chi connectivity index (χ4n) is 4.37. The molecule has 2 aromatic carbocycles. The molecule has 0 unspecified atom stereocenters. The van der Waals surface area contributed by atoms with E-state index in [4.69, 9.17) is 27.2 Å². The van der Waals surface area contributed by atoms with Gasteiger partial charge >= 0.3 is 5.97 Å². The molecule has 0 aliphatic carbocycles. The number of carbonyl (C=O) groups is 2. The fraction of sp³-hybridized carbons (Fsp3) is 0.259. The summed E-state index contributed by atoms with van der Waals surface area (Å²) < 4.78 is 34.9. The molecule has 0 saturated carbocycles. The highest BCUT2D eigenvalue weighted by molar-refractivity contribution is 8.26. The first-order valence-corrected chi connectivity index (χ1v) is 15.2. The van der Waals surface area contributed by atoms with Crippen LogP contribution in [0.25, 0.3) is 23.0 Å². The molecule has 1 N–H and O–H groups in total. The van der Waals surface area contributed by atoms with Crippen molar-refractivity contribution in [2.45, 2.75) is 17.7 Å². The molecule has 0 atom stereocenters. The third kappa shape index (κ3) is 6.03. The zero-order chi connectivity index (χ0) is 28.3. The number of aliphatic carboxylic acids is 1. The van der Waals surface area contributed by atoms with Crippen molar-refractivity contribution in [1.29, 1.82) is 0 Å². The maximum atomic E-state index is 13.1. The maximum absolute atomic E-state index is 13.1. The van der Waals surface area contributed by atoms with Crippen molar-refractivity contribution in [2.24, 2.45) is 0 Å². The maximum Gasteiger partial charge on any atom is 0.303 e. The van der Waals surface area contributed by atoms with Gasteiger partial charge in [0.1, 0.15) is 4.32 Å². The van der Waals surface area contributed by atoms with E-state index in [-0.39, 0.29) is 23.8 Å². The van der Waals surface area contributed by atoms with Crippen LogP contribution in [0.15, 0.2) is 70.6 Å². The number of morpholine rings is 1. The van der Waals surface area contributed by atoms with Gasteiger partial charge in [0.15, 0.2) is 0 Å². The van der Waals surface area contributed by atoms with E-state index < -0.39 is 16.0 Å². The Labute approximate surface area is 241 Å². The van der Waals surface area contributed by atoms with Crippen molar-refractivity contribution in [3.63, 3.8) is 0 Å². The van der Waals surface area contributed by atoms with Gasteiger partial charge in [0, 0.05) is 43.4 Å². The first-order chi connectivity index (χ1) is 19.2. The minimum Gasteiger partial charge on any atom is -0.481 e. The van der Waals surface area contributed by atoms with Crippen LogP contribution in [0.2, 0.25) is 0 Å². The first-order valence-electron chi connectivity index (χ1n) is 12.5. The minimum atomic E-state index is -3.65.